The molecule has 0 aliphatic heterocycles. The standard InChI is InChI=1S/C10H13BrN2/c11-9-7-13-6-2-8(9)1-3-10(12)4-5-10/h2,6-7H,1,3-5,12H2. The number of aromatic nitrogens is 1. The first kappa shape index (κ1) is 9.16. The Morgan fingerprint density at radius 3 is 2.92 bits per heavy atom. The van der Waals surface area contributed by atoms with E-state index in [9.17, 15) is 0 Å². The van der Waals surface area contributed by atoms with E-state index in [1.165, 1.54) is 18.4 Å². The van der Waals surface area contributed by atoms with E-state index >= 15 is 0 Å². The molecule has 1 aromatic rings. The topological polar surface area (TPSA) is 38.9 Å². The third-order valence-electron chi connectivity index (χ3n) is 2.64. The van der Waals surface area contributed by atoms with Gasteiger partial charge in [-0.25, -0.2) is 0 Å². The quantitative estimate of drug-likeness (QED) is 0.881. The Balaban J connectivity index is 1.97. The molecule has 1 aliphatic carbocycles. The first-order valence-corrected chi connectivity index (χ1v) is 5.36. The second-order valence-electron chi connectivity index (χ2n) is 3.83. The summed E-state index contributed by atoms with van der Waals surface area (Å²) in [6.45, 7) is 0. The van der Waals surface area contributed by atoms with Crippen molar-refractivity contribution in [3.63, 3.8) is 0 Å². The van der Waals surface area contributed by atoms with Crippen LogP contribution in [0, 0.1) is 0 Å². The predicted octanol–water partition coefficient (Wildman–Crippen LogP) is 2.27. The zero-order valence-electron chi connectivity index (χ0n) is 7.46. The van der Waals surface area contributed by atoms with Crippen LogP contribution in [-0.2, 0) is 6.42 Å². The van der Waals surface area contributed by atoms with Gasteiger partial charge in [0.2, 0.25) is 0 Å². The molecule has 1 aromatic heterocycles. The summed E-state index contributed by atoms with van der Waals surface area (Å²) in [4.78, 5) is 4.03. The average Bonchev–Trinajstić information content (AvgIpc) is 2.83. The van der Waals surface area contributed by atoms with Gasteiger partial charge in [-0.3, -0.25) is 4.98 Å². The van der Waals surface area contributed by atoms with Crippen LogP contribution in [-0.4, -0.2) is 10.5 Å². The van der Waals surface area contributed by atoms with Crippen molar-refractivity contribution in [2.24, 2.45) is 5.73 Å². The lowest BCUT2D eigenvalue weighted by molar-refractivity contribution is 0.608. The number of rotatable bonds is 3. The van der Waals surface area contributed by atoms with Gasteiger partial charge in [-0.2, -0.15) is 0 Å². The maximum atomic E-state index is 6.01. The molecule has 0 spiro atoms. The first-order chi connectivity index (χ1) is 6.20. The molecule has 1 saturated carbocycles. The number of halogens is 1. The van der Waals surface area contributed by atoms with Crippen molar-refractivity contribution in [1.29, 1.82) is 0 Å². The van der Waals surface area contributed by atoms with Gasteiger partial charge in [-0.15, -0.1) is 0 Å². The van der Waals surface area contributed by atoms with Gasteiger partial charge in [-0.1, -0.05) is 0 Å². The summed E-state index contributed by atoms with van der Waals surface area (Å²) in [7, 11) is 0. The summed E-state index contributed by atoms with van der Waals surface area (Å²) in [6.07, 6.45) is 8.20. The summed E-state index contributed by atoms with van der Waals surface area (Å²) in [5.41, 5.74) is 7.48. The highest BCUT2D eigenvalue weighted by Gasteiger charge is 2.37. The molecule has 0 radical (unpaired) electrons. The van der Waals surface area contributed by atoms with Crippen LogP contribution < -0.4 is 5.73 Å². The number of hydrogen-bond acceptors (Lipinski definition) is 2. The molecule has 2 nitrogen and oxygen atoms in total. The van der Waals surface area contributed by atoms with E-state index in [2.05, 4.69) is 27.0 Å². The summed E-state index contributed by atoms with van der Waals surface area (Å²) in [6, 6.07) is 2.05. The normalized spacial score (nSPS) is 18.6. The highest BCUT2D eigenvalue weighted by Crippen LogP contribution is 2.37. The Labute approximate surface area is 86.7 Å². The molecule has 0 amide bonds. The van der Waals surface area contributed by atoms with Crippen molar-refractivity contribution in [2.45, 2.75) is 31.2 Å². The van der Waals surface area contributed by atoms with Crippen LogP contribution in [0.1, 0.15) is 24.8 Å². The second kappa shape index (κ2) is 3.39. The molecular formula is C10H13BrN2. The summed E-state index contributed by atoms with van der Waals surface area (Å²) >= 11 is 3.48. The molecule has 2 N–H and O–H groups in total. The molecule has 1 heterocycles. The fourth-order valence-corrected chi connectivity index (χ4v) is 1.85. The molecule has 0 atom stereocenters. The smallest absolute Gasteiger partial charge is 0.0412 e. The van der Waals surface area contributed by atoms with Gasteiger partial charge in [0.15, 0.2) is 0 Å². The van der Waals surface area contributed by atoms with Crippen LogP contribution in [0.2, 0.25) is 0 Å². The molecule has 1 fully saturated rings. The molecule has 0 aromatic carbocycles. The summed E-state index contributed by atoms with van der Waals surface area (Å²) < 4.78 is 1.10. The van der Waals surface area contributed by atoms with Crippen LogP contribution in [0.25, 0.3) is 0 Å². The Bertz CT molecular complexity index is 308. The Morgan fingerprint density at radius 1 is 1.54 bits per heavy atom. The van der Waals surface area contributed by atoms with E-state index in [1.807, 2.05) is 12.4 Å². The Morgan fingerprint density at radius 2 is 2.31 bits per heavy atom. The van der Waals surface area contributed by atoms with Gasteiger partial charge in [0, 0.05) is 22.4 Å². The highest BCUT2D eigenvalue weighted by molar-refractivity contribution is 9.10. The largest absolute Gasteiger partial charge is 0.325 e. The molecule has 70 valence electrons. The molecule has 0 unspecified atom stereocenters. The summed E-state index contributed by atoms with van der Waals surface area (Å²) in [5, 5.41) is 0. The highest BCUT2D eigenvalue weighted by atomic mass is 79.9. The van der Waals surface area contributed by atoms with Crippen molar-refractivity contribution in [3.8, 4) is 0 Å². The van der Waals surface area contributed by atoms with E-state index in [0.717, 1.165) is 17.3 Å². The average molecular weight is 241 g/mol. The van der Waals surface area contributed by atoms with Gasteiger partial charge < -0.3 is 5.73 Å². The minimum atomic E-state index is 0.155. The van der Waals surface area contributed by atoms with Gasteiger partial charge in [0.25, 0.3) is 0 Å². The third-order valence-corrected chi connectivity index (χ3v) is 3.35. The lowest BCUT2D eigenvalue weighted by Crippen LogP contribution is -2.22. The van der Waals surface area contributed by atoms with Gasteiger partial charge in [0.1, 0.15) is 0 Å². The van der Waals surface area contributed by atoms with Crippen molar-refractivity contribution in [3.05, 3.63) is 28.5 Å². The van der Waals surface area contributed by atoms with Gasteiger partial charge in [-0.05, 0) is 53.2 Å². The molecule has 0 bridgehead atoms. The number of pyridine rings is 1. The fraction of sp³-hybridized carbons (Fsp3) is 0.500. The Hall–Kier alpha value is -0.410. The van der Waals surface area contributed by atoms with E-state index in [0.29, 0.717) is 0 Å². The fourth-order valence-electron chi connectivity index (χ4n) is 1.40. The van der Waals surface area contributed by atoms with E-state index in [4.69, 9.17) is 5.73 Å². The molecular weight excluding hydrogens is 228 g/mol. The molecule has 0 saturated heterocycles. The molecule has 3 heteroatoms. The maximum absolute atomic E-state index is 6.01. The zero-order chi connectivity index (χ0) is 9.31. The maximum Gasteiger partial charge on any atom is 0.0412 e. The number of hydrogen-bond donors (Lipinski definition) is 1. The zero-order valence-corrected chi connectivity index (χ0v) is 9.05. The van der Waals surface area contributed by atoms with Crippen LogP contribution in [0.5, 0.6) is 0 Å². The number of nitrogens with two attached hydrogens (primary N) is 1. The van der Waals surface area contributed by atoms with Crippen molar-refractivity contribution in [1.82, 2.24) is 4.98 Å². The van der Waals surface area contributed by atoms with E-state index < -0.39 is 0 Å². The second-order valence-corrected chi connectivity index (χ2v) is 4.68. The van der Waals surface area contributed by atoms with Crippen LogP contribution in [0.15, 0.2) is 22.9 Å². The lowest BCUT2D eigenvalue weighted by Gasteiger charge is -2.08. The number of aryl methyl sites for hydroxylation is 1. The van der Waals surface area contributed by atoms with Gasteiger partial charge in [0.05, 0.1) is 0 Å². The predicted molar refractivity (Wildman–Crippen MR) is 56.4 cm³/mol. The van der Waals surface area contributed by atoms with E-state index in [-0.39, 0.29) is 5.54 Å². The van der Waals surface area contributed by atoms with Crippen LogP contribution in [0.4, 0.5) is 0 Å². The van der Waals surface area contributed by atoms with Crippen molar-refractivity contribution < 1.29 is 0 Å². The SMILES string of the molecule is NC1(CCc2ccncc2Br)CC1. The minimum Gasteiger partial charge on any atom is -0.325 e. The summed E-state index contributed by atoms with van der Waals surface area (Å²) in [5.74, 6) is 0. The van der Waals surface area contributed by atoms with Crippen LogP contribution in [0.3, 0.4) is 0 Å². The lowest BCUT2D eigenvalue weighted by atomic mass is 10.1. The van der Waals surface area contributed by atoms with E-state index in [1.54, 1.807) is 0 Å². The number of nitrogens with zero attached hydrogens (tertiary/aromatic N) is 1. The monoisotopic (exact) mass is 240 g/mol. The molecule has 1 aliphatic rings. The third kappa shape index (κ3) is 2.29. The van der Waals surface area contributed by atoms with Crippen molar-refractivity contribution in [2.75, 3.05) is 0 Å². The van der Waals surface area contributed by atoms with Gasteiger partial charge >= 0.3 is 0 Å². The minimum absolute atomic E-state index is 0.155. The molecule has 2 rings (SSSR count). The first-order valence-electron chi connectivity index (χ1n) is 4.57. The Kier molecular flexibility index (Phi) is 2.39. The van der Waals surface area contributed by atoms with Crippen LogP contribution >= 0.6 is 15.9 Å². The molecule has 13 heavy (non-hydrogen) atoms. The van der Waals surface area contributed by atoms with Crippen molar-refractivity contribution >= 4 is 15.9 Å².